The van der Waals surface area contributed by atoms with Crippen LogP contribution in [-0.2, 0) is 4.74 Å². The van der Waals surface area contributed by atoms with Crippen molar-refractivity contribution in [2.45, 2.75) is 40.0 Å². The summed E-state index contributed by atoms with van der Waals surface area (Å²) in [5, 5.41) is 0. The molecule has 0 atom stereocenters. The summed E-state index contributed by atoms with van der Waals surface area (Å²) in [5.41, 5.74) is 1.30. The highest BCUT2D eigenvalue weighted by Crippen LogP contribution is 2.01. The van der Waals surface area contributed by atoms with Crippen molar-refractivity contribution in [1.29, 1.82) is 0 Å². The van der Waals surface area contributed by atoms with Crippen molar-refractivity contribution in [2.24, 2.45) is 0 Å². The first-order valence-corrected chi connectivity index (χ1v) is 5.28. The number of ether oxygens (including phenoxy) is 1. The van der Waals surface area contributed by atoms with Gasteiger partial charge in [0.2, 0.25) is 0 Å². The fourth-order valence-electron chi connectivity index (χ4n) is 1.04. The maximum atomic E-state index is 5.48. The van der Waals surface area contributed by atoms with E-state index in [2.05, 4.69) is 39.0 Å². The lowest BCUT2D eigenvalue weighted by Gasteiger charge is -2.03. The minimum atomic E-state index is 0.762. The van der Waals surface area contributed by atoms with Crippen LogP contribution in [-0.4, -0.2) is 13.2 Å². The van der Waals surface area contributed by atoms with Gasteiger partial charge in [-0.3, -0.25) is 0 Å². The second-order valence-corrected chi connectivity index (χ2v) is 3.05. The Hall–Kier alpha value is -0.560. The van der Waals surface area contributed by atoms with E-state index in [9.17, 15) is 0 Å². The fourth-order valence-corrected chi connectivity index (χ4v) is 1.04. The average Bonchev–Trinajstić information content (AvgIpc) is 2.14. The zero-order chi connectivity index (χ0) is 9.94. The van der Waals surface area contributed by atoms with Crippen molar-refractivity contribution in [1.82, 2.24) is 0 Å². The van der Waals surface area contributed by atoms with Crippen LogP contribution in [0.15, 0.2) is 23.8 Å². The fraction of sp³-hybridized carbons (Fsp3) is 0.667. The molecule has 0 aromatic heterocycles. The minimum absolute atomic E-state index is 0.762. The molecule has 0 saturated carbocycles. The van der Waals surface area contributed by atoms with E-state index in [4.69, 9.17) is 4.74 Å². The van der Waals surface area contributed by atoms with Crippen LogP contribution in [0.1, 0.15) is 40.0 Å². The summed E-state index contributed by atoms with van der Waals surface area (Å²) in [7, 11) is 0. The molecule has 0 rings (SSSR count). The molecule has 0 unspecified atom stereocenters. The Balaban J connectivity index is 3.81. The average molecular weight is 182 g/mol. The van der Waals surface area contributed by atoms with E-state index in [1.54, 1.807) is 0 Å². The first-order valence-electron chi connectivity index (χ1n) is 5.28. The summed E-state index contributed by atoms with van der Waals surface area (Å²) < 4.78 is 5.48. The molecular formula is C12H22O. The second kappa shape index (κ2) is 9.53. The Bertz CT molecular complexity index is 157. The van der Waals surface area contributed by atoms with Crippen molar-refractivity contribution >= 4 is 0 Å². The van der Waals surface area contributed by atoms with Gasteiger partial charge in [0.05, 0.1) is 6.61 Å². The minimum Gasteiger partial charge on any atom is -0.377 e. The Labute approximate surface area is 82.5 Å². The Morgan fingerprint density at radius 3 is 2.46 bits per heavy atom. The molecule has 0 heterocycles. The highest BCUT2D eigenvalue weighted by molar-refractivity contribution is 5.18. The lowest BCUT2D eigenvalue weighted by molar-refractivity contribution is 0.158. The molecule has 0 aliphatic rings. The van der Waals surface area contributed by atoms with Crippen molar-refractivity contribution < 1.29 is 4.74 Å². The van der Waals surface area contributed by atoms with E-state index in [1.165, 1.54) is 5.57 Å². The summed E-state index contributed by atoms with van der Waals surface area (Å²) in [6, 6.07) is 0. The van der Waals surface area contributed by atoms with E-state index in [0.717, 1.165) is 32.5 Å². The summed E-state index contributed by atoms with van der Waals surface area (Å²) >= 11 is 0. The molecule has 0 aromatic rings. The zero-order valence-corrected chi connectivity index (χ0v) is 9.18. The van der Waals surface area contributed by atoms with Crippen LogP contribution < -0.4 is 0 Å². The van der Waals surface area contributed by atoms with Gasteiger partial charge in [-0.05, 0) is 24.8 Å². The Kier molecular flexibility index (Phi) is 9.12. The summed E-state index contributed by atoms with van der Waals surface area (Å²) in [6.45, 7) is 8.05. The van der Waals surface area contributed by atoms with Gasteiger partial charge in [-0.15, -0.1) is 0 Å². The maximum absolute atomic E-state index is 5.48. The van der Waals surface area contributed by atoms with Crippen molar-refractivity contribution in [3.8, 4) is 0 Å². The van der Waals surface area contributed by atoms with Crippen LogP contribution in [0.25, 0.3) is 0 Å². The van der Waals surface area contributed by atoms with Crippen LogP contribution in [0.5, 0.6) is 0 Å². The molecule has 0 radical (unpaired) electrons. The van der Waals surface area contributed by atoms with Gasteiger partial charge in [0.15, 0.2) is 0 Å². The Morgan fingerprint density at radius 1 is 1.15 bits per heavy atom. The van der Waals surface area contributed by atoms with Gasteiger partial charge in [-0.25, -0.2) is 0 Å². The molecule has 1 heteroatoms. The predicted octanol–water partition coefficient (Wildman–Crippen LogP) is 3.72. The number of hydrogen-bond donors (Lipinski definition) is 0. The lowest BCUT2D eigenvalue weighted by Crippen LogP contribution is -1.97. The highest BCUT2D eigenvalue weighted by atomic mass is 16.5. The second-order valence-electron chi connectivity index (χ2n) is 3.05. The van der Waals surface area contributed by atoms with E-state index in [0.29, 0.717) is 0 Å². The zero-order valence-electron chi connectivity index (χ0n) is 9.18. The first kappa shape index (κ1) is 12.4. The van der Waals surface area contributed by atoms with Crippen molar-refractivity contribution in [2.75, 3.05) is 13.2 Å². The molecule has 0 aromatic carbocycles. The topological polar surface area (TPSA) is 9.23 Å². The quantitative estimate of drug-likeness (QED) is 0.431. The molecule has 0 aliphatic heterocycles. The maximum Gasteiger partial charge on any atom is 0.0713 e. The van der Waals surface area contributed by atoms with Gasteiger partial charge in [-0.1, -0.05) is 39.0 Å². The monoisotopic (exact) mass is 182 g/mol. The van der Waals surface area contributed by atoms with E-state index >= 15 is 0 Å². The molecular weight excluding hydrogens is 160 g/mol. The van der Waals surface area contributed by atoms with Gasteiger partial charge < -0.3 is 4.74 Å². The molecule has 0 aliphatic carbocycles. The third kappa shape index (κ3) is 7.79. The van der Waals surface area contributed by atoms with Gasteiger partial charge in [-0.2, -0.15) is 0 Å². The Morgan fingerprint density at radius 2 is 1.92 bits per heavy atom. The molecule has 0 fully saturated rings. The molecule has 0 saturated heterocycles. The number of hydrogen-bond acceptors (Lipinski definition) is 1. The van der Waals surface area contributed by atoms with Crippen LogP contribution in [0.4, 0.5) is 0 Å². The lowest BCUT2D eigenvalue weighted by atomic mass is 10.2. The summed E-state index contributed by atoms with van der Waals surface area (Å²) in [4.78, 5) is 0. The van der Waals surface area contributed by atoms with Crippen LogP contribution in [0, 0.1) is 0 Å². The largest absolute Gasteiger partial charge is 0.377 e. The normalized spacial score (nSPS) is 12.7. The molecule has 13 heavy (non-hydrogen) atoms. The van der Waals surface area contributed by atoms with Gasteiger partial charge >= 0.3 is 0 Å². The van der Waals surface area contributed by atoms with E-state index in [-0.39, 0.29) is 0 Å². The molecule has 0 spiro atoms. The smallest absolute Gasteiger partial charge is 0.0713 e. The molecule has 1 nitrogen and oxygen atoms in total. The molecule has 0 amide bonds. The predicted molar refractivity (Wildman–Crippen MR) is 58.9 cm³/mol. The summed E-state index contributed by atoms with van der Waals surface area (Å²) in [5.74, 6) is 0. The van der Waals surface area contributed by atoms with Gasteiger partial charge in [0, 0.05) is 6.61 Å². The third-order valence-corrected chi connectivity index (χ3v) is 1.65. The van der Waals surface area contributed by atoms with Gasteiger partial charge in [0.1, 0.15) is 0 Å². The third-order valence-electron chi connectivity index (χ3n) is 1.65. The van der Waals surface area contributed by atoms with Gasteiger partial charge in [0.25, 0.3) is 0 Å². The molecule has 76 valence electrons. The van der Waals surface area contributed by atoms with Crippen LogP contribution >= 0.6 is 0 Å². The standard InChI is InChI=1S/C12H22O/c1-4-7-9-12(8-5-2)11-13-10-6-3/h7-9H,4-6,10-11H2,1-3H3/b9-7-,12-8+. The first-order chi connectivity index (χ1) is 6.35. The van der Waals surface area contributed by atoms with Crippen molar-refractivity contribution in [3.63, 3.8) is 0 Å². The SMILES string of the molecule is CC/C=C\C(=C/CC)COCCC. The molecule has 0 bridgehead atoms. The van der Waals surface area contributed by atoms with Crippen LogP contribution in [0.3, 0.4) is 0 Å². The number of rotatable bonds is 7. The van der Waals surface area contributed by atoms with Crippen molar-refractivity contribution in [3.05, 3.63) is 23.8 Å². The molecule has 0 N–H and O–H groups in total. The van der Waals surface area contributed by atoms with E-state index in [1.807, 2.05) is 0 Å². The van der Waals surface area contributed by atoms with Crippen LogP contribution in [0.2, 0.25) is 0 Å². The summed E-state index contributed by atoms with van der Waals surface area (Å²) in [6.07, 6.45) is 9.84. The highest BCUT2D eigenvalue weighted by Gasteiger charge is 1.91. The number of allylic oxidation sites excluding steroid dienone is 2. The van der Waals surface area contributed by atoms with E-state index < -0.39 is 0 Å².